The van der Waals surface area contributed by atoms with Crippen LogP contribution in [0.15, 0.2) is 0 Å². The Morgan fingerprint density at radius 1 is 1.38 bits per heavy atom. The average Bonchev–Trinajstić information content (AvgIpc) is 2.61. The molecule has 1 aliphatic heterocycles. The molecule has 1 rings (SSSR count). The lowest BCUT2D eigenvalue weighted by atomic mass is 10.1. The van der Waals surface area contributed by atoms with E-state index in [9.17, 15) is 9.59 Å². The van der Waals surface area contributed by atoms with Crippen LogP contribution in [0.25, 0.3) is 0 Å². The maximum atomic E-state index is 11.7. The normalized spacial score (nSPS) is 20.9. The molecule has 3 N–H and O–H groups in total. The average molecular weight is 229 g/mol. The van der Waals surface area contributed by atoms with Crippen LogP contribution in [-0.4, -0.2) is 40.1 Å². The van der Waals surface area contributed by atoms with Gasteiger partial charge in [0.15, 0.2) is 0 Å². The Balaban J connectivity index is 2.50. The Bertz CT molecular complexity index is 286. The first kappa shape index (κ1) is 12.8. The minimum absolute atomic E-state index is 0.234. The van der Waals surface area contributed by atoms with Crippen molar-refractivity contribution in [1.29, 1.82) is 0 Å². The number of nitrogens with one attached hydrogen (secondary N) is 2. The van der Waals surface area contributed by atoms with Crippen molar-refractivity contribution < 1.29 is 14.7 Å². The van der Waals surface area contributed by atoms with E-state index in [1.165, 1.54) is 4.90 Å². The largest absolute Gasteiger partial charge is 0.465 e. The van der Waals surface area contributed by atoms with Crippen LogP contribution in [0.3, 0.4) is 0 Å². The van der Waals surface area contributed by atoms with Crippen molar-refractivity contribution in [1.82, 2.24) is 15.8 Å². The summed E-state index contributed by atoms with van der Waals surface area (Å²) in [5.41, 5.74) is 5.16. The molecule has 6 heteroatoms. The zero-order valence-corrected chi connectivity index (χ0v) is 9.91. The molecular formula is C10H19N3O3. The predicted molar refractivity (Wildman–Crippen MR) is 58.8 cm³/mol. The Hall–Kier alpha value is -1.30. The number of carboxylic acid groups (broad SMARTS) is 1. The van der Waals surface area contributed by atoms with Gasteiger partial charge in [0.05, 0.1) is 0 Å². The highest BCUT2D eigenvalue weighted by atomic mass is 16.4. The summed E-state index contributed by atoms with van der Waals surface area (Å²) in [7, 11) is 0. The fraction of sp³-hybridized carbons (Fsp3) is 0.800. The topological polar surface area (TPSA) is 81.7 Å². The van der Waals surface area contributed by atoms with E-state index in [1.807, 2.05) is 20.8 Å². The molecule has 0 aromatic carbocycles. The Labute approximate surface area is 95.0 Å². The number of carbonyl (C=O) groups is 2. The summed E-state index contributed by atoms with van der Waals surface area (Å²) in [6.07, 6.45) is 0.289. The van der Waals surface area contributed by atoms with E-state index in [0.29, 0.717) is 13.0 Å². The van der Waals surface area contributed by atoms with Gasteiger partial charge in [-0.3, -0.25) is 15.1 Å². The molecule has 6 nitrogen and oxygen atoms in total. The number of carbonyl (C=O) groups excluding carboxylic acids is 1. The van der Waals surface area contributed by atoms with Crippen LogP contribution in [0.4, 0.5) is 4.79 Å². The number of rotatable bonds is 2. The molecule has 0 aromatic heterocycles. The lowest BCUT2D eigenvalue weighted by Crippen LogP contribution is -2.54. The van der Waals surface area contributed by atoms with Crippen LogP contribution in [0.2, 0.25) is 0 Å². The molecule has 0 saturated carbocycles. The minimum Gasteiger partial charge on any atom is -0.465 e. The van der Waals surface area contributed by atoms with Gasteiger partial charge >= 0.3 is 6.09 Å². The SMILES string of the molecule is CC(C)(C)NNC(=O)[C@@H]1CCCN1C(=O)O. The maximum Gasteiger partial charge on any atom is 0.407 e. The first-order valence-electron chi connectivity index (χ1n) is 5.38. The second-order valence-electron chi connectivity index (χ2n) is 5.00. The monoisotopic (exact) mass is 229 g/mol. The molecule has 0 aromatic rings. The molecule has 1 saturated heterocycles. The Kier molecular flexibility index (Phi) is 3.74. The van der Waals surface area contributed by atoms with Crippen LogP contribution in [0.1, 0.15) is 33.6 Å². The molecule has 0 unspecified atom stereocenters. The van der Waals surface area contributed by atoms with E-state index < -0.39 is 12.1 Å². The third-order valence-corrected chi connectivity index (χ3v) is 2.36. The van der Waals surface area contributed by atoms with Gasteiger partial charge in [-0.05, 0) is 33.6 Å². The number of hydrazine groups is 1. The lowest BCUT2D eigenvalue weighted by Gasteiger charge is -2.25. The summed E-state index contributed by atoms with van der Waals surface area (Å²) < 4.78 is 0. The van der Waals surface area contributed by atoms with Crippen LogP contribution in [0, 0.1) is 0 Å². The molecule has 0 bridgehead atoms. The van der Waals surface area contributed by atoms with Crippen LogP contribution in [-0.2, 0) is 4.79 Å². The molecule has 1 heterocycles. The fourth-order valence-electron chi connectivity index (χ4n) is 1.60. The summed E-state index contributed by atoms with van der Waals surface area (Å²) in [4.78, 5) is 23.8. The number of hydrogen-bond donors (Lipinski definition) is 3. The van der Waals surface area contributed by atoms with E-state index in [4.69, 9.17) is 5.11 Å². The van der Waals surface area contributed by atoms with E-state index in [-0.39, 0.29) is 11.4 Å². The van der Waals surface area contributed by atoms with E-state index >= 15 is 0 Å². The van der Waals surface area contributed by atoms with Crippen molar-refractivity contribution in [3.8, 4) is 0 Å². The summed E-state index contributed by atoms with van der Waals surface area (Å²) in [5.74, 6) is -0.283. The van der Waals surface area contributed by atoms with E-state index in [0.717, 1.165) is 6.42 Å². The molecule has 92 valence electrons. The molecule has 0 radical (unpaired) electrons. The highest BCUT2D eigenvalue weighted by Crippen LogP contribution is 2.17. The van der Waals surface area contributed by atoms with Crippen molar-refractivity contribution in [2.45, 2.75) is 45.2 Å². The zero-order valence-electron chi connectivity index (χ0n) is 9.91. The van der Waals surface area contributed by atoms with Gasteiger partial charge in [0.25, 0.3) is 5.91 Å². The molecule has 0 spiro atoms. The summed E-state index contributed by atoms with van der Waals surface area (Å²) >= 11 is 0. The second kappa shape index (κ2) is 4.69. The van der Waals surface area contributed by atoms with Gasteiger partial charge in [-0.25, -0.2) is 10.2 Å². The van der Waals surface area contributed by atoms with Gasteiger partial charge in [-0.2, -0.15) is 0 Å². The third kappa shape index (κ3) is 3.37. The van der Waals surface area contributed by atoms with Gasteiger partial charge in [0, 0.05) is 12.1 Å². The van der Waals surface area contributed by atoms with Gasteiger partial charge < -0.3 is 5.11 Å². The van der Waals surface area contributed by atoms with Gasteiger partial charge in [0.2, 0.25) is 0 Å². The van der Waals surface area contributed by atoms with Crippen molar-refractivity contribution in [2.75, 3.05) is 6.54 Å². The highest BCUT2D eigenvalue weighted by Gasteiger charge is 2.34. The molecular weight excluding hydrogens is 210 g/mol. The molecule has 0 aliphatic carbocycles. The predicted octanol–water partition coefficient (Wildman–Crippen LogP) is 0.548. The third-order valence-electron chi connectivity index (χ3n) is 2.36. The highest BCUT2D eigenvalue weighted by molar-refractivity contribution is 5.85. The van der Waals surface area contributed by atoms with Crippen LogP contribution >= 0.6 is 0 Å². The lowest BCUT2D eigenvalue weighted by molar-refractivity contribution is -0.126. The summed E-state index contributed by atoms with van der Waals surface area (Å²) in [6, 6.07) is -0.563. The minimum atomic E-state index is -1.03. The first-order chi connectivity index (χ1) is 7.31. The molecule has 16 heavy (non-hydrogen) atoms. The van der Waals surface area contributed by atoms with Gasteiger partial charge in [-0.15, -0.1) is 0 Å². The Morgan fingerprint density at radius 2 is 2.00 bits per heavy atom. The molecule has 1 fully saturated rings. The van der Waals surface area contributed by atoms with Crippen LogP contribution in [0.5, 0.6) is 0 Å². The van der Waals surface area contributed by atoms with Crippen molar-refractivity contribution >= 4 is 12.0 Å². The number of amides is 2. The van der Waals surface area contributed by atoms with Crippen LogP contribution < -0.4 is 10.9 Å². The summed E-state index contributed by atoms with van der Waals surface area (Å²) in [5, 5.41) is 8.89. The standard InChI is InChI=1S/C10H19N3O3/c1-10(2,3)12-11-8(14)7-5-4-6-13(7)9(15)16/h7,12H,4-6H2,1-3H3,(H,11,14)(H,15,16)/t7-/m0/s1. The van der Waals surface area contributed by atoms with E-state index in [1.54, 1.807) is 0 Å². The number of hydrogen-bond acceptors (Lipinski definition) is 3. The first-order valence-corrected chi connectivity index (χ1v) is 5.38. The quantitative estimate of drug-likeness (QED) is 0.604. The summed E-state index contributed by atoms with van der Waals surface area (Å²) in [6.45, 7) is 6.17. The van der Waals surface area contributed by atoms with Gasteiger partial charge in [0.1, 0.15) is 6.04 Å². The smallest absolute Gasteiger partial charge is 0.407 e. The molecule has 1 atom stereocenters. The van der Waals surface area contributed by atoms with Crippen molar-refractivity contribution in [2.24, 2.45) is 0 Å². The Morgan fingerprint density at radius 3 is 2.50 bits per heavy atom. The fourth-order valence-corrected chi connectivity index (χ4v) is 1.60. The van der Waals surface area contributed by atoms with Gasteiger partial charge in [-0.1, -0.05) is 0 Å². The number of likely N-dealkylation sites (tertiary alicyclic amines) is 1. The van der Waals surface area contributed by atoms with E-state index in [2.05, 4.69) is 10.9 Å². The van der Waals surface area contributed by atoms with Crippen molar-refractivity contribution in [3.63, 3.8) is 0 Å². The maximum absolute atomic E-state index is 11.7. The number of nitrogens with zero attached hydrogens (tertiary/aromatic N) is 1. The molecule has 1 aliphatic rings. The second-order valence-corrected chi connectivity index (χ2v) is 5.00. The zero-order chi connectivity index (χ0) is 12.3. The molecule has 2 amide bonds. The van der Waals surface area contributed by atoms with Crippen molar-refractivity contribution in [3.05, 3.63) is 0 Å².